The minimum Gasteiger partial charge on any atom is -0.398 e. The van der Waals surface area contributed by atoms with E-state index in [1.165, 1.54) is 0 Å². The third-order valence-corrected chi connectivity index (χ3v) is 3.98. The lowest BCUT2D eigenvalue weighted by molar-refractivity contribution is -0.0605. The molecule has 104 valence electrons. The zero-order valence-electron chi connectivity index (χ0n) is 10.5. The number of nitrogens with one attached hydrogen (secondary N) is 1. The standard InChI is InChI=1S/C13H17BrN2O3/c14-10-2-1-9(7-11(10)15)12(17)16-8-13(18)3-5-19-6-4-13/h1-2,7,18H,3-6,8,15H2,(H,16,17). The van der Waals surface area contributed by atoms with Crippen molar-refractivity contribution in [1.29, 1.82) is 0 Å². The van der Waals surface area contributed by atoms with Crippen LogP contribution in [0.1, 0.15) is 23.2 Å². The van der Waals surface area contributed by atoms with Crippen LogP contribution in [-0.4, -0.2) is 36.4 Å². The molecule has 4 N–H and O–H groups in total. The lowest BCUT2D eigenvalue weighted by Crippen LogP contribution is -2.46. The third kappa shape index (κ3) is 3.68. The van der Waals surface area contributed by atoms with Gasteiger partial charge in [0.25, 0.3) is 5.91 Å². The molecule has 0 atom stereocenters. The summed E-state index contributed by atoms with van der Waals surface area (Å²) in [4.78, 5) is 12.0. The first kappa shape index (κ1) is 14.3. The second-order valence-electron chi connectivity index (χ2n) is 4.76. The fourth-order valence-electron chi connectivity index (χ4n) is 1.96. The predicted octanol–water partition coefficient (Wildman–Crippen LogP) is 1.30. The summed E-state index contributed by atoms with van der Waals surface area (Å²) < 4.78 is 5.95. The van der Waals surface area contributed by atoms with Gasteiger partial charge in [0.1, 0.15) is 0 Å². The Labute approximate surface area is 120 Å². The number of benzene rings is 1. The smallest absolute Gasteiger partial charge is 0.251 e. The number of nitrogen functional groups attached to an aromatic ring is 1. The zero-order chi connectivity index (χ0) is 13.9. The van der Waals surface area contributed by atoms with Crippen molar-refractivity contribution in [1.82, 2.24) is 5.32 Å². The number of carbonyl (C=O) groups excluding carboxylic acids is 1. The molecule has 0 unspecified atom stereocenters. The van der Waals surface area contributed by atoms with Gasteiger partial charge in [-0.05, 0) is 34.1 Å². The Balaban J connectivity index is 1.95. The van der Waals surface area contributed by atoms with Gasteiger partial charge >= 0.3 is 0 Å². The zero-order valence-corrected chi connectivity index (χ0v) is 12.1. The van der Waals surface area contributed by atoms with E-state index >= 15 is 0 Å². The quantitative estimate of drug-likeness (QED) is 0.730. The van der Waals surface area contributed by atoms with Gasteiger partial charge in [0.05, 0.1) is 5.60 Å². The molecule has 1 aliphatic heterocycles. The molecule has 0 spiro atoms. The summed E-state index contributed by atoms with van der Waals surface area (Å²) in [5.74, 6) is -0.237. The molecule has 6 heteroatoms. The van der Waals surface area contributed by atoms with Crippen molar-refractivity contribution in [2.24, 2.45) is 0 Å². The molecular formula is C13H17BrN2O3. The van der Waals surface area contributed by atoms with Crippen molar-refractivity contribution in [3.63, 3.8) is 0 Å². The van der Waals surface area contributed by atoms with Crippen molar-refractivity contribution in [2.45, 2.75) is 18.4 Å². The van der Waals surface area contributed by atoms with Crippen molar-refractivity contribution < 1.29 is 14.6 Å². The molecule has 0 aliphatic carbocycles. The van der Waals surface area contributed by atoms with Crippen LogP contribution in [0, 0.1) is 0 Å². The molecule has 0 saturated carbocycles. The summed E-state index contributed by atoms with van der Waals surface area (Å²) in [7, 11) is 0. The fourth-order valence-corrected chi connectivity index (χ4v) is 2.21. The highest BCUT2D eigenvalue weighted by Crippen LogP contribution is 2.21. The first-order chi connectivity index (χ1) is 9.00. The van der Waals surface area contributed by atoms with E-state index in [0.29, 0.717) is 37.3 Å². The van der Waals surface area contributed by atoms with Gasteiger partial charge in [0, 0.05) is 48.3 Å². The van der Waals surface area contributed by atoms with E-state index in [4.69, 9.17) is 10.5 Å². The molecule has 1 saturated heterocycles. The second kappa shape index (κ2) is 5.90. The topological polar surface area (TPSA) is 84.6 Å². The lowest BCUT2D eigenvalue weighted by Gasteiger charge is -2.32. The molecule has 5 nitrogen and oxygen atoms in total. The van der Waals surface area contributed by atoms with E-state index < -0.39 is 5.60 Å². The maximum Gasteiger partial charge on any atom is 0.251 e. The van der Waals surface area contributed by atoms with Crippen LogP contribution < -0.4 is 11.1 Å². The highest BCUT2D eigenvalue weighted by atomic mass is 79.9. The van der Waals surface area contributed by atoms with Crippen molar-refractivity contribution in [3.8, 4) is 0 Å². The Bertz CT molecular complexity index is 473. The Morgan fingerprint density at radius 1 is 1.47 bits per heavy atom. The van der Waals surface area contributed by atoms with Crippen LogP contribution in [0.4, 0.5) is 5.69 Å². The first-order valence-corrected chi connectivity index (χ1v) is 6.93. The largest absolute Gasteiger partial charge is 0.398 e. The molecule has 1 aromatic rings. The van der Waals surface area contributed by atoms with Crippen LogP contribution in [0.3, 0.4) is 0 Å². The maximum atomic E-state index is 12.0. The third-order valence-electron chi connectivity index (χ3n) is 3.26. The molecule has 2 rings (SSSR count). The SMILES string of the molecule is Nc1cc(C(=O)NCC2(O)CCOCC2)ccc1Br. The molecule has 0 bridgehead atoms. The number of aliphatic hydroxyl groups is 1. The Morgan fingerprint density at radius 2 is 2.16 bits per heavy atom. The monoisotopic (exact) mass is 328 g/mol. The number of ether oxygens (including phenoxy) is 1. The summed E-state index contributed by atoms with van der Waals surface area (Å²) in [5.41, 5.74) is 5.86. The lowest BCUT2D eigenvalue weighted by atomic mass is 9.94. The fraction of sp³-hybridized carbons (Fsp3) is 0.462. The summed E-state index contributed by atoms with van der Waals surface area (Å²) in [6, 6.07) is 5.02. The molecule has 1 heterocycles. The summed E-state index contributed by atoms with van der Waals surface area (Å²) >= 11 is 3.28. The van der Waals surface area contributed by atoms with Crippen LogP contribution in [0.25, 0.3) is 0 Å². The van der Waals surface area contributed by atoms with Crippen LogP contribution in [0.15, 0.2) is 22.7 Å². The average molecular weight is 329 g/mol. The van der Waals surface area contributed by atoms with Gasteiger partial charge in [-0.15, -0.1) is 0 Å². The predicted molar refractivity (Wildman–Crippen MR) is 75.9 cm³/mol. The number of amides is 1. The average Bonchev–Trinajstić information content (AvgIpc) is 2.40. The summed E-state index contributed by atoms with van der Waals surface area (Å²) in [6.07, 6.45) is 1.07. The normalized spacial score (nSPS) is 18.0. The van der Waals surface area contributed by atoms with Crippen LogP contribution in [0.2, 0.25) is 0 Å². The van der Waals surface area contributed by atoms with E-state index in [1.807, 2.05) is 0 Å². The van der Waals surface area contributed by atoms with Crippen molar-refractivity contribution >= 4 is 27.5 Å². The number of carbonyl (C=O) groups is 1. The van der Waals surface area contributed by atoms with Gasteiger partial charge in [-0.2, -0.15) is 0 Å². The van der Waals surface area contributed by atoms with Crippen LogP contribution >= 0.6 is 15.9 Å². The van der Waals surface area contributed by atoms with E-state index in [0.717, 1.165) is 4.47 Å². The Morgan fingerprint density at radius 3 is 2.79 bits per heavy atom. The number of hydrogen-bond donors (Lipinski definition) is 3. The molecule has 1 amide bonds. The number of halogens is 1. The van der Waals surface area contributed by atoms with Crippen molar-refractivity contribution in [2.75, 3.05) is 25.5 Å². The van der Waals surface area contributed by atoms with Gasteiger partial charge in [-0.1, -0.05) is 0 Å². The maximum absolute atomic E-state index is 12.0. The van der Waals surface area contributed by atoms with Gasteiger partial charge in [0.15, 0.2) is 0 Å². The minimum absolute atomic E-state index is 0.227. The van der Waals surface area contributed by atoms with Gasteiger partial charge in [-0.3, -0.25) is 4.79 Å². The number of hydrogen-bond acceptors (Lipinski definition) is 4. The van der Waals surface area contributed by atoms with Crippen LogP contribution in [0.5, 0.6) is 0 Å². The van der Waals surface area contributed by atoms with Crippen molar-refractivity contribution in [3.05, 3.63) is 28.2 Å². The highest BCUT2D eigenvalue weighted by molar-refractivity contribution is 9.10. The van der Waals surface area contributed by atoms with E-state index in [1.54, 1.807) is 18.2 Å². The second-order valence-corrected chi connectivity index (χ2v) is 5.61. The minimum atomic E-state index is -0.866. The van der Waals surface area contributed by atoms with Crippen LogP contribution in [-0.2, 0) is 4.74 Å². The molecular weight excluding hydrogens is 312 g/mol. The molecule has 1 fully saturated rings. The van der Waals surface area contributed by atoms with E-state index in [9.17, 15) is 9.90 Å². The summed E-state index contributed by atoms with van der Waals surface area (Å²) in [6.45, 7) is 1.28. The number of rotatable bonds is 3. The van der Waals surface area contributed by atoms with Gasteiger partial charge in [0.2, 0.25) is 0 Å². The Kier molecular flexibility index (Phi) is 4.44. The number of anilines is 1. The highest BCUT2D eigenvalue weighted by Gasteiger charge is 2.30. The summed E-state index contributed by atoms with van der Waals surface area (Å²) in [5, 5.41) is 13.0. The molecule has 1 aromatic carbocycles. The first-order valence-electron chi connectivity index (χ1n) is 6.13. The van der Waals surface area contributed by atoms with E-state index in [-0.39, 0.29) is 12.5 Å². The molecule has 19 heavy (non-hydrogen) atoms. The molecule has 0 radical (unpaired) electrons. The van der Waals surface area contributed by atoms with Gasteiger partial charge < -0.3 is 20.9 Å². The molecule has 0 aromatic heterocycles. The Hall–Kier alpha value is -1.11. The number of nitrogens with two attached hydrogens (primary N) is 1. The van der Waals surface area contributed by atoms with Gasteiger partial charge in [-0.25, -0.2) is 0 Å². The van der Waals surface area contributed by atoms with E-state index in [2.05, 4.69) is 21.2 Å². The molecule has 1 aliphatic rings.